The zero-order valence-electron chi connectivity index (χ0n) is 13.3. The van der Waals surface area contributed by atoms with E-state index in [0.717, 1.165) is 24.1 Å². The summed E-state index contributed by atoms with van der Waals surface area (Å²) in [6.07, 6.45) is 3.67. The van der Waals surface area contributed by atoms with E-state index in [1.807, 2.05) is 20.8 Å². The van der Waals surface area contributed by atoms with Gasteiger partial charge in [0, 0.05) is 24.8 Å². The fourth-order valence-corrected chi connectivity index (χ4v) is 2.72. The molecule has 0 N–H and O–H groups in total. The number of hydrogen-bond donors (Lipinski definition) is 0. The first kappa shape index (κ1) is 17.4. The van der Waals surface area contributed by atoms with E-state index in [9.17, 15) is 4.21 Å². The third-order valence-electron chi connectivity index (χ3n) is 3.13. The maximum atomic E-state index is 12.4. The predicted molar refractivity (Wildman–Crippen MR) is 88.9 cm³/mol. The second-order valence-corrected chi connectivity index (χ2v) is 8.41. The lowest BCUT2D eigenvalue weighted by atomic mass is 10.1. The summed E-state index contributed by atoms with van der Waals surface area (Å²) in [6, 6.07) is 1.80. The third-order valence-corrected chi connectivity index (χ3v) is 4.81. The van der Waals surface area contributed by atoms with Crippen LogP contribution < -0.4 is 4.74 Å². The second-order valence-electron chi connectivity index (χ2n) is 6.14. The molecule has 0 aromatic carbocycles. The molecule has 0 radical (unpaired) electrons. The van der Waals surface area contributed by atoms with Crippen molar-refractivity contribution < 1.29 is 13.7 Å². The van der Waals surface area contributed by atoms with E-state index in [4.69, 9.17) is 21.1 Å². The standard InChI is InChI=1S/C15H21ClN2O3S/c1-15(2,3)22(19)18-12(10-5-6-10)11-7-8-17-14(16)13(11)21-9-20-4/h7-8,10H,5-6,9H2,1-4H3/t22-/m0/s1. The van der Waals surface area contributed by atoms with Crippen LogP contribution in [0.3, 0.4) is 0 Å². The van der Waals surface area contributed by atoms with E-state index < -0.39 is 15.7 Å². The Morgan fingerprint density at radius 1 is 1.50 bits per heavy atom. The van der Waals surface area contributed by atoms with E-state index >= 15 is 0 Å². The summed E-state index contributed by atoms with van der Waals surface area (Å²) in [7, 11) is 0.205. The number of pyridine rings is 1. The zero-order valence-corrected chi connectivity index (χ0v) is 14.8. The Morgan fingerprint density at radius 2 is 2.18 bits per heavy atom. The van der Waals surface area contributed by atoms with Gasteiger partial charge in [0.2, 0.25) is 0 Å². The van der Waals surface area contributed by atoms with Gasteiger partial charge in [-0.3, -0.25) is 0 Å². The molecule has 122 valence electrons. The molecule has 0 amide bonds. The lowest BCUT2D eigenvalue weighted by Gasteiger charge is -2.17. The summed E-state index contributed by atoms with van der Waals surface area (Å²) in [5.74, 6) is 0.734. The molecule has 2 rings (SSSR count). The summed E-state index contributed by atoms with van der Waals surface area (Å²) < 4.78 is 26.9. The van der Waals surface area contributed by atoms with Crippen molar-refractivity contribution in [3.63, 3.8) is 0 Å². The van der Waals surface area contributed by atoms with Crippen molar-refractivity contribution in [1.29, 1.82) is 0 Å². The number of nitrogens with zero attached hydrogens (tertiary/aromatic N) is 2. The molecular formula is C15H21ClN2O3S. The van der Waals surface area contributed by atoms with Crippen LogP contribution in [0.5, 0.6) is 5.75 Å². The van der Waals surface area contributed by atoms with E-state index in [1.54, 1.807) is 12.3 Å². The average molecular weight is 345 g/mol. The molecule has 1 aliphatic rings. The van der Waals surface area contributed by atoms with Crippen LogP contribution in [0.25, 0.3) is 0 Å². The van der Waals surface area contributed by atoms with Gasteiger partial charge < -0.3 is 9.47 Å². The van der Waals surface area contributed by atoms with Crippen molar-refractivity contribution in [2.24, 2.45) is 10.3 Å². The first-order chi connectivity index (χ1) is 10.3. The summed E-state index contributed by atoms with van der Waals surface area (Å²) >= 11 is 6.14. The number of halogens is 1. The topological polar surface area (TPSA) is 60.8 Å². The molecule has 1 aromatic heterocycles. The molecule has 1 aliphatic carbocycles. The van der Waals surface area contributed by atoms with Crippen LogP contribution in [0.4, 0.5) is 0 Å². The second kappa shape index (κ2) is 7.06. The molecule has 22 heavy (non-hydrogen) atoms. The average Bonchev–Trinajstić information content (AvgIpc) is 3.26. The number of rotatable bonds is 6. The van der Waals surface area contributed by atoms with Crippen molar-refractivity contribution >= 4 is 28.3 Å². The van der Waals surface area contributed by atoms with Gasteiger partial charge in [-0.2, -0.15) is 4.40 Å². The highest BCUT2D eigenvalue weighted by atomic mass is 35.5. The highest BCUT2D eigenvalue weighted by molar-refractivity contribution is 7.85. The van der Waals surface area contributed by atoms with Gasteiger partial charge in [-0.1, -0.05) is 11.6 Å². The molecule has 1 heterocycles. The number of methoxy groups -OCH3 is 1. The van der Waals surface area contributed by atoms with E-state index in [1.165, 1.54) is 7.11 Å². The Labute approximate surface area is 138 Å². The Bertz CT molecular complexity index is 595. The zero-order chi connectivity index (χ0) is 16.3. The Balaban J connectivity index is 2.43. The largest absolute Gasteiger partial charge is 0.464 e. The van der Waals surface area contributed by atoms with E-state index in [2.05, 4.69) is 9.38 Å². The molecule has 1 saturated carbocycles. The minimum atomic E-state index is -1.33. The first-order valence-corrected chi connectivity index (χ1v) is 8.60. The van der Waals surface area contributed by atoms with Crippen LogP contribution in [0, 0.1) is 5.92 Å². The monoisotopic (exact) mass is 344 g/mol. The Morgan fingerprint density at radius 3 is 2.73 bits per heavy atom. The van der Waals surface area contributed by atoms with Crippen LogP contribution in [0.15, 0.2) is 16.7 Å². The smallest absolute Gasteiger partial charge is 0.188 e. The SMILES string of the molecule is COCOc1c(C(=N[S@@](=O)C(C)(C)C)C2CC2)ccnc1Cl. The number of aromatic nitrogens is 1. The van der Waals surface area contributed by atoms with Gasteiger partial charge in [0.25, 0.3) is 0 Å². The van der Waals surface area contributed by atoms with Gasteiger partial charge in [0.05, 0.1) is 10.5 Å². The van der Waals surface area contributed by atoms with Crippen LogP contribution in [-0.2, 0) is 15.7 Å². The molecule has 0 spiro atoms. The van der Waals surface area contributed by atoms with Crippen molar-refractivity contribution in [3.8, 4) is 5.75 Å². The lowest BCUT2D eigenvalue weighted by Crippen LogP contribution is -2.22. The Hall–Kier alpha value is -0.980. The summed E-state index contributed by atoms with van der Waals surface area (Å²) in [4.78, 5) is 4.04. The molecule has 1 fully saturated rings. The molecule has 7 heteroatoms. The van der Waals surface area contributed by atoms with Gasteiger partial charge in [0.1, 0.15) is 11.0 Å². The van der Waals surface area contributed by atoms with Crippen molar-refractivity contribution in [1.82, 2.24) is 4.98 Å². The highest BCUT2D eigenvalue weighted by Gasteiger charge is 2.33. The van der Waals surface area contributed by atoms with Gasteiger partial charge in [-0.25, -0.2) is 9.19 Å². The highest BCUT2D eigenvalue weighted by Crippen LogP contribution is 2.38. The number of hydrogen-bond acceptors (Lipinski definition) is 4. The molecule has 5 nitrogen and oxygen atoms in total. The molecule has 1 aromatic rings. The molecular weight excluding hydrogens is 324 g/mol. The maximum absolute atomic E-state index is 12.4. The predicted octanol–water partition coefficient (Wildman–Crippen LogP) is 3.38. The Kier molecular flexibility index (Phi) is 5.58. The van der Waals surface area contributed by atoms with Crippen molar-refractivity contribution in [2.75, 3.05) is 13.9 Å². The molecule has 0 saturated heterocycles. The van der Waals surface area contributed by atoms with Crippen LogP contribution in [0.1, 0.15) is 39.2 Å². The summed E-state index contributed by atoms with van der Waals surface area (Å²) in [5.41, 5.74) is 1.53. The first-order valence-electron chi connectivity index (χ1n) is 7.11. The third kappa shape index (κ3) is 4.27. The molecule has 1 atom stereocenters. The fraction of sp³-hybridized carbons (Fsp3) is 0.600. The molecule has 0 unspecified atom stereocenters. The normalized spacial score (nSPS) is 17.4. The quantitative estimate of drug-likeness (QED) is 0.451. The van der Waals surface area contributed by atoms with E-state index in [0.29, 0.717) is 11.7 Å². The van der Waals surface area contributed by atoms with E-state index in [-0.39, 0.29) is 11.9 Å². The van der Waals surface area contributed by atoms with Crippen LogP contribution in [0.2, 0.25) is 5.15 Å². The summed E-state index contributed by atoms with van der Waals surface area (Å²) in [5, 5.41) is 0.254. The van der Waals surface area contributed by atoms with Gasteiger partial charge >= 0.3 is 0 Å². The minimum Gasteiger partial charge on any atom is -0.464 e. The van der Waals surface area contributed by atoms with Crippen LogP contribution in [-0.4, -0.2) is 33.6 Å². The molecule has 0 bridgehead atoms. The lowest BCUT2D eigenvalue weighted by molar-refractivity contribution is 0.0508. The number of ether oxygens (including phenoxy) is 2. The summed E-state index contributed by atoms with van der Waals surface area (Å²) in [6.45, 7) is 5.77. The van der Waals surface area contributed by atoms with Gasteiger partial charge in [-0.15, -0.1) is 0 Å². The van der Waals surface area contributed by atoms with Gasteiger partial charge in [0.15, 0.2) is 17.7 Å². The van der Waals surface area contributed by atoms with Crippen molar-refractivity contribution in [3.05, 3.63) is 23.0 Å². The van der Waals surface area contributed by atoms with Crippen LogP contribution >= 0.6 is 11.6 Å². The molecule has 0 aliphatic heterocycles. The van der Waals surface area contributed by atoms with Gasteiger partial charge in [-0.05, 0) is 39.7 Å². The fourth-order valence-electron chi connectivity index (χ4n) is 1.81. The van der Waals surface area contributed by atoms with Crippen molar-refractivity contribution in [2.45, 2.75) is 38.4 Å². The minimum absolute atomic E-state index is 0.0682. The maximum Gasteiger partial charge on any atom is 0.188 e.